The standard InChI is InChI=1S/C21H24N2O4/c1-13(2)17-7-5-6-14(3)21(17)23(15(4)24)11-20(25)22-16-8-9-18-19(10-16)27-12-26-18/h5-10,13H,11-12H2,1-4H3,(H,22,25). The highest BCUT2D eigenvalue weighted by Gasteiger charge is 2.22. The first-order valence-corrected chi connectivity index (χ1v) is 8.94. The van der Waals surface area contributed by atoms with E-state index in [1.165, 1.54) is 11.8 Å². The lowest BCUT2D eigenvalue weighted by Gasteiger charge is -2.27. The van der Waals surface area contributed by atoms with Crippen LogP contribution in [0.15, 0.2) is 36.4 Å². The van der Waals surface area contributed by atoms with Crippen LogP contribution in [0, 0.1) is 6.92 Å². The van der Waals surface area contributed by atoms with Crippen LogP contribution in [0.4, 0.5) is 11.4 Å². The third-order valence-corrected chi connectivity index (χ3v) is 4.50. The molecule has 0 atom stereocenters. The summed E-state index contributed by atoms with van der Waals surface area (Å²) in [6.07, 6.45) is 0. The minimum absolute atomic E-state index is 0.0612. The van der Waals surface area contributed by atoms with Gasteiger partial charge in [-0.2, -0.15) is 0 Å². The van der Waals surface area contributed by atoms with Crippen molar-refractivity contribution in [1.29, 1.82) is 0 Å². The van der Waals surface area contributed by atoms with Crippen molar-refractivity contribution >= 4 is 23.2 Å². The Hall–Kier alpha value is -3.02. The number of hydrogen-bond acceptors (Lipinski definition) is 4. The highest BCUT2D eigenvalue weighted by atomic mass is 16.7. The molecule has 0 spiro atoms. The Morgan fingerprint density at radius 3 is 2.59 bits per heavy atom. The van der Waals surface area contributed by atoms with E-state index in [1.54, 1.807) is 18.2 Å². The number of hydrogen-bond donors (Lipinski definition) is 1. The first kappa shape index (κ1) is 18.8. The molecule has 1 heterocycles. The molecule has 0 bridgehead atoms. The van der Waals surface area contributed by atoms with E-state index < -0.39 is 0 Å². The highest BCUT2D eigenvalue weighted by Crippen LogP contribution is 2.34. The van der Waals surface area contributed by atoms with Gasteiger partial charge in [0.15, 0.2) is 11.5 Å². The van der Waals surface area contributed by atoms with Gasteiger partial charge in [0.05, 0.1) is 5.69 Å². The van der Waals surface area contributed by atoms with E-state index in [0.29, 0.717) is 17.2 Å². The van der Waals surface area contributed by atoms with Crippen molar-refractivity contribution in [2.75, 3.05) is 23.6 Å². The van der Waals surface area contributed by atoms with E-state index in [-0.39, 0.29) is 31.1 Å². The third-order valence-electron chi connectivity index (χ3n) is 4.50. The van der Waals surface area contributed by atoms with E-state index in [2.05, 4.69) is 19.2 Å². The maximum absolute atomic E-state index is 12.6. The zero-order chi connectivity index (χ0) is 19.6. The predicted molar refractivity (Wildman–Crippen MR) is 104 cm³/mol. The minimum Gasteiger partial charge on any atom is -0.454 e. The second kappa shape index (κ2) is 7.70. The van der Waals surface area contributed by atoms with E-state index in [4.69, 9.17) is 9.47 Å². The lowest BCUT2D eigenvalue weighted by atomic mass is 9.97. The average Bonchev–Trinajstić information content (AvgIpc) is 3.07. The molecule has 6 nitrogen and oxygen atoms in total. The van der Waals surface area contributed by atoms with Crippen molar-refractivity contribution in [3.05, 3.63) is 47.5 Å². The lowest BCUT2D eigenvalue weighted by molar-refractivity contribution is -0.120. The summed E-state index contributed by atoms with van der Waals surface area (Å²) in [5.41, 5.74) is 3.41. The Balaban J connectivity index is 1.81. The third kappa shape index (κ3) is 4.05. The van der Waals surface area contributed by atoms with E-state index in [9.17, 15) is 9.59 Å². The zero-order valence-electron chi connectivity index (χ0n) is 16.0. The second-order valence-electron chi connectivity index (χ2n) is 6.89. The summed E-state index contributed by atoms with van der Waals surface area (Å²) in [5.74, 6) is 1.03. The summed E-state index contributed by atoms with van der Waals surface area (Å²) in [4.78, 5) is 26.5. The van der Waals surface area contributed by atoms with Crippen molar-refractivity contribution in [3.8, 4) is 11.5 Å². The topological polar surface area (TPSA) is 67.9 Å². The largest absolute Gasteiger partial charge is 0.454 e. The van der Waals surface area contributed by atoms with Crippen LogP contribution in [-0.4, -0.2) is 25.2 Å². The van der Waals surface area contributed by atoms with Crippen LogP contribution in [0.1, 0.15) is 37.8 Å². The molecule has 2 amide bonds. The van der Waals surface area contributed by atoms with Crippen molar-refractivity contribution < 1.29 is 19.1 Å². The van der Waals surface area contributed by atoms with Gasteiger partial charge in [-0.05, 0) is 36.1 Å². The van der Waals surface area contributed by atoms with Gasteiger partial charge in [-0.3, -0.25) is 9.59 Å². The molecule has 27 heavy (non-hydrogen) atoms. The Morgan fingerprint density at radius 1 is 1.15 bits per heavy atom. The van der Waals surface area contributed by atoms with E-state index in [0.717, 1.165) is 16.8 Å². The van der Waals surface area contributed by atoms with Crippen LogP contribution < -0.4 is 19.7 Å². The number of amides is 2. The summed E-state index contributed by atoms with van der Waals surface area (Å²) >= 11 is 0. The number of anilines is 2. The van der Waals surface area contributed by atoms with Gasteiger partial charge in [0, 0.05) is 18.7 Å². The molecule has 0 saturated heterocycles. The van der Waals surface area contributed by atoms with E-state index >= 15 is 0 Å². The van der Waals surface area contributed by atoms with Crippen molar-refractivity contribution in [2.24, 2.45) is 0 Å². The van der Waals surface area contributed by atoms with Crippen molar-refractivity contribution in [3.63, 3.8) is 0 Å². The van der Waals surface area contributed by atoms with Crippen LogP contribution >= 0.6 is 0 Å². The quantitative estimate of drug-likeness (QED) is 0.871. The first-order chi connectivity index (χ1) is 12.9. The fourth-order valence-electron chi connectivity index (χ4n) is 3.18. The average molecular weight is 368 g/mol. The molecular weight excluding hydrogens is 344 g/mol. The van der Waals surface area contributed by atoms with Gasteiger partial charge in [0.1, 0.15) is 6.54 Å². The number of para-hydroxylation sites is 1. The molecule has 0 aromatic heterocycles. The number of benzene rings is 2. The number of ether oxygens (including phenoxy) is 2. The molecule has 6 heteroatoms. The maximum Gasteiger partial charge on any atom is 0.244 e. The van der Waals surface area contributed by atoms with Crippen LogP contribution in [0.2, 0.25) is 0 Å². The van der Waals surface area contributed by atoms with Crippen molar-refractivity contribution in [2.45, 2.75) is 33.6 Å². The number of aryl methyl sites for hydroxylation is 1. The van der Waals surface area contributed by atoms with Crippen LogP contribution in [-0.2, 0) is 9.59 Å². The monoisotopic (exact) mass is 368 g/mol. The van der Waals surface area contributed by atoms with Gasteiger partial charge < -0.3 is 19.7 Å². The number of carbonyl (C=O) groups excluding carboxylic acids is 2. The SMILES string of the molecule is CC(=O)N(CC(=O)Nc1ccc2c(c1)OCO2)c1c(C)cccc1C(C)C. The zero-order valence-corrected chi connectivity index (χ0v) is 16.0. The van der Waals surface area contributed by atoms with Gasteiger partial charge in [-0.25, -0.2) is 0 Å². The molecule has 2 aromatic rings. The van der Waals surface area contributed by atoms with E-state index in [1.807, 2.05) is 25.1 Å². The summed E-state index contributed by atoms with van der Waals surface area (Å²) in [7, 11) is 0. The second-order valence-corrected chi connectivity index (χ2v) is 6.89. The van der Waals surface area contributed by atoms with Crippen molar-refractivity contribution in [1.82, 2.24) is 0 Å². The molecule has 142 valence electrons. The number of nitrogens with zero attached hydrogens (tertiary/aromatic N) is 1. The fraction of sp³-hybridized carbons (Fsp3) is 0.333. The molecule has 0 fully saturated rings. The lowest BCUT2D eigenvalue weighted by Crippen LogP contribution is -2.37. The number of fused-ring (bicyclic) bond motifs is 1. The van der Waals surface area contributed by atoms with Gasteiger partial charge in [-0.15, -0.1) is 0 Å². The molecule has 1 N–H and O–H groups in total. The number of nitrogens with one attached hydrogen (secondary N) is 1. The van der Waals surface area contributed by atoms with Gasteiger partial charge in [-0.1, -0.05) is 32.0 Å². The Morgan fingerprint density at radius 2 is 1.89 bits per heavy atom. The molecule has 0 saturated carbocycles. The molecule has 0 unspecified atom stereocenters. The first-order valence-electron chi connectivity index (χ1n) is 8.94. The van der Waals surface area contributed by atoms with Crippen LogP contribution in [0.5, 0.6) is 11.5 Å². The summed E-state index contributed by atoms with van der Waals surface area (Å²) in [5, 5.41) is 2.83. The maximum atomic E-state index is 12.6. The predicted octanol–water partition coefficient (Wildman–Crippen LogP) is 3.84. The van der Waals surface area contributed by atoms with Gasteiger partial charge in [0.25, 0.3) is 0 Å². The fourth-order valence-corrected chi connectivity index (χ4v) is 3.18. The van der Waals surface area contributed by atoms with Gasteiger partial charge in [0.2, 0.25) is 18.6 Å². The van der Waals surface area contributed by atoms with Crippen LogP contribution in [0.3, 0.4) is 0 Å². The van der Waals surface area contributed by atoms with Crippen LogP contribution in [0.25, 0.3) is 0 Å². The Kier molecular flexibility index (Phi) is 5.35. The molecular formula is C21H24N2O4. The normalized spacial score (nSPS) is 12.2. The van der Waals surface area contributed by atoms with Gasteiger partial charge >= 0.3 is 0 Å². The summed E-state index contributed by atoms with van der Waals surface area (Å²) in [6, 6.07) is 11.1. The molecule has 0 aliphatic carbocycles. The Labute approximate surface area is 159 Å². The minimum atomic E-state index is -0.276. The molecule has 3 rings (SSSR count). The summed E-state index contributed by atoms with van der Waals surface area (Å²) in [6.45, 7) is 7.69. The number of carbonyl (C=O) groups is 2. The molecule has 0 radical (unpaired) electrons. The molecule has 2 aromatic carbocycles. The smallest absolute Gasteiger partial charge is 0.244 e. The number of rotatable bonds is 5. The molecule has 1 aliphatic heterocycles. The highest BCUT2D eigenvalue weighted by molar-refractivity contribution is 6.02. The Bertz CT molecular complexity index is 876. The summed E-state index contributed by atoms with van der Waals surface area (Å²) < 4.78 is 10.6. The molecule has 1 aliphatic rings.